The van der Waals surface area contributed by atoms with E-state index in [2.05, 4.69) is 19.6 Å². The normalized spacial score (nSPS) is 38.8. The van der Waals surface area contributed by atoms with Crippen molar-refractivity contribution in [2.24, 2.45) is 11.8 Å². The molecule has 0 bridgehead atoms. The largest absolute Gasteiger partial charge is 0.0958 e. The van der Waals surface area contributed by atoms with Crippen molar-refractivity contribution in [2.75, 3.05) is 0 Å². The van der Waals surface area contributed by atoms with Gasteiger partial charge in [0.05, 0.1) is 0 Å². The Hall–Kier alpha value is -0.520. The summed E-state index contributed by atoms with van der Waals surface area (Å²) in [5.74, 6) is 2.02. The van der Waals surface area contributed by atoms with Gasteiger partial charge < -0.3 is 0 Å². The third kappa shape index (κ3) is 2.04. The van der Waals surface area contributed by atoms with Gasteiger partial charge in [0.25, 0.3) is 0 Å². The minimum absolute atomic E-state index is 1.00. The Morgan fingerprint density at radius 2 is 2.00 bits per heavy atom. The summed E-state index contributed by atoms with van der Waals surface area (Å²) in [4.78, 5) is 0. The first-order chi connectivity index (χ1) is 6.25. The fraction of sp³-hybridized carbons (Fsp3) is 0.692. The van der Waals surface area contributed by atoms with Crippen molar-refractivity contribution in [1.29, 1.82) is 0 Å². The molecule has 13 heavy (non-hydrogen) atoms. The Bertz CT molecular complexity index is 234. The molecule has 0 saturated heterocycles. The van der Waals surface area contributed by atoms with E-state index in [-0.39, 0.29) is 0 Å². The summed E-state index contributed by atoms with van der Waals surface area (Å²) in [6, 6.07) is 0. The molecule has 72 valence electrons. The number of hydrogen-bond acceptors (Lipinski definition) is 0. The standard InChI is InChI=1S/C13H20/c1-10-6-7-12-4-3-5-13(12)9-11(2)8-10/h8,12-13H,1,3-7,9H2,2H3/b11-8-. The summed E-state index contributed by atoms with van der Waals surface area (Å²) < 4.78 is 0. The van der Waals surface area contributed by atoms with E-state index in [1.54, 1.807) is 5.57 Å². The lowest BCUT2D eigenvalue weighted by molar-refractivity contribution is 0.358. The maximum Gasteiger partial charge on any atom is -0.0282 e. The van der Waals surface area contributed by atoms with Crippen LogP contribution in [-0.4, -0.2) is 0 Å². The highest BCUT2D eigenvalue weighted by Crippen LogP contribution is 2.40. The average molecular weight is 176 g/mol. The molecule has 0 aromatic carbocycles. The fourth-order valence-electron chi connectivity index (χ4n) is 3.03. The van der Waals surface area contributed by atoms with E-state index in [0.717, 1.165) is 11.8 Å². The lowest BCUT2D eigenvalue weighted by atomic mass is 9.83. The summed E-state index contributed by atoms with van der Waals surface area (Å²) in [7, 11) is 0. The van der Waals surface area contributed by atoms with Gasteiger partial charge in [0.2, 0.25) is 0 Å². The number of fused-ring (bicyclic) bond motifs is 1. The molecular formula is C13H20. The molecule has 0 amide bonds. The van der Waals surface area contributed by atoms with Crippen LogP contribution in [0.1, 0.15) is 45.4 Å². The van der Waals surface area contributed by atoms with E-state index in [4.69, 9.17) is 0 Å². The number of allylic oxidation sites excluding steroid dienone is 3. The molecule has 0 nitrogen and oxygen atoms in total. The second kappa shape index (κ2) is 3.69. The van der Waals surface area contributed by atoms with Crippen molar-refractivity contribution in [2.45, 2.75) is 45.4 Å². The third-order valence-electron chi connectivity index (χ3n) is 3.69. The summed E-state index contributed by atoms with van der Waals surface area (Å²) >= 11 is 0. The van der Waals surface area contributed by atoms with Crippen LogP contribution < -0.4 is 0 Å². The molecule has 1 saturated carbocycles. The number of rotatable bonds is 0. The second-order valence-electron chi connectivity index (χ2n) is 4.84. The molecule has 2 atom stereocenters. The van der Waals surface area contributed by atoms with Crippen LogP contribution in [-0.2, 0) is 0 Å². The zero-order valence-electron chi connectivity index (χ0n) is 8.68. The van der Waals surface area contributed by atoms with Gasteiger partial charge in [-0.2, -0.15) is 0 Å². The monoisotopic (exact) mass is 176 g/mol. The first-order valence-electron chi connectivity index (χ1n) is 5.60. The van der Waals surface area contributed by atoms with Crippen LogP contribution in [0, 0.1) is 11.8 Å². The molecule has 2 aliphatic carbocycles. The van der Waals surface area contributed by atoms with Crippen LogP contribution in [0.5, 0.6) is 0 Å². The topological polar surface area (TPSA) is 0 Å². The van der Waals surface area contributed by atoms with Crippen LogP contribution in [0.15, 0.2) is 23.8 Å². The lowest BCUT2D eigenvalue weighted by Crippen LogP contribution is -2.10. The van der Waals surface area contributed by atoms with Crippen molar-refractivity contribution < 1.29 is 0 Å². The Labute approximate surface area is 81.7 Å². The maximum atomic E-state index is 4.10. The molecule has 2 unspecified atom stereocenters. The van der Waals surface area contributed by atoms with Gasteiger partial charge in [0, 0.05) is 0 Å². The van der Waals surface area contributed by atoms with Gasteiger partial charge in [-0.05, 0) is 44.4 Å². The first-order valence-corrected chi connectivity index (χ1v) is 5.60. The molecule has 0 radical (unpaired) electrons. The molecule has 0 N–H and O–H groups in total. The molecule has 2 aliphatic rings. The molecule has 0 spiro atoms. The summed E-state index contributed by atoms with van der Waals surface area (Å²) in [6.07, 6.45) is 10.7. The van der Waals surface area contributed by atoms with E-state index in [1.165, 1.54) is 44.1 Å². The molecular weight excluding hydrogens is 156 g/mol. The van der Waals surface area contributed by atoms with Gasteiger partial charge in [-0.25, -0.2) is 0 Å². The van der Waals surface area contributed by atoms with E-state index < -0.39 is 0 Å². The number of hydrogen-bond donors (Lipinski definition) is 0. The van der Waals surface area contributed by atoms with E-state index in [0.29, 0.717) is 0 Å². The van der Waals surface area contributed by atoms with Crippen LogP contribution in [0.2, 0.25) is 0 Å². The minimum Gasteiger partial charge on any atom is -0.0958 e. The third-order valence-corrected chi connectivity index (χ3v) is 3.69. The van der Waals surface area contributed by atoms with Gasteiger partial charge in [0.15, 0.2) is 0 Å². The van der Waals surface area contributed by atoms with Crippen molar-refractivity contribution in [3.8, 4) is 0 Å². The SMILES string of the molecule is C=C1/C=C(/C)CC2CCCC2CC1. The van der Waals surface area contributed by atoms with Crippen LogP contribution in [0.25, 0.3) is 0 Å². The molecule has 0 heteroatoms. The highest BCUT2D eigenvalue weighted by atomic mass is 14.3. The molecule has 0 heterocycles. The van der Waals surface area contributed by atoms with Crippen LogP contribution in [0.4, 0.5) is 0 Å². The first kappa shape index (κ1) is 9.05. The molecule has 0 aliphatic heterocycles. The van der Waals surface area contributed by atoms with Crippen LogP contribution in [0.3, 0.4) is 0 Å². The molecule has 1 fully saturated rings. The molecule has 0 aromatic heterocycles. The smallest absolute Gasteiger partial charge is 0.0282 e. The van der Waals surface area contributed by atoms with Crippen molar-refractivity contribution >= 4 is 0 Å². The average Bonchev–Trinajstić information content (AvgIpc) is 2.45. The predicted octanol–water partition coefficient (Wildman–Crippen LogP) is 4.09. The van der Waals surface area contributed by atoms with Gasteiger partial charge in [-0.15, -0.1) is 0 Å². The predicted molar refractivity (Wildman–Crippen MR) is 57.6 cm³/mol. The Morgan fingerprint density at radius 1 is 1.23 bits per heavy atom. The fourth-order valence-corrected chi connectivity index (χ4v) is 3.03. The molecule has 0 aromatic rings. The van der Waals surface area contributed by atoms with Crippen LogP contribution >= 0.6 is 0 Å². The zero-order valence-corrected chi connectivity index (χ0v) is 8.68. The highest BCUT2D eigenvalue weighted by Gasteiger charge is 2.27. The van der Waals surface area contributed by atoms with Crippen molar-refractivity contribution in [3.63, 3.8) is 0 Å². The highest BCUT2D eigenvalue weighted by molar-refractivity contribution is 5.21. The van der Waals surface area contributed by atoms with E-state index in [1.807, 2.05) is 0 Å². The van der Waals surface area contributed by atoms with Gasteiger partial charge >= 0.3 is 0 Å². The van der Waals surface area contributed by atoms with E-state index in [9.17, 15) is 0 Å². The molecule has 2 rings (SSSR count). The summed E-state index contributed by atoms with van der Waals surface area (Å²) in [5.41, 5.74) is 2.91. The minimum atomic E-state index is 1.00. The van der Waals surface area contributed by atoms with Crippen molar-refractivity contribution in [1.82, 2.24) is 0 Å². The Kier molecular flexibility index (Phi) is 2.57. The zero-order chi connectivity index (χ0) is 9.26. The van der Waals surface area contributed by atoms with Gasteiger partial charge in [-0.1, -0.05) is 36.6 Å². The Morgan fingerprint density at radius 3 is 2.85 bits per heavy atom. The van der Waals surface area contributed by atoms with Gasteiger partial charge in [-0.3, -0.25) is 0 Å². The van der Waals surface area contributed by atoms with E-state index >= 15 is 0 Å². The van der Waals surface area contributed by atoms with Gasteiger partial charge in [0.1, 0.15) is 0 Å². The summed E-state index contributed by atoms with van der Waals surface area (Å²) in [5, 5.41) is 0. The second-order valence-corrected chi connectivity index (χ2v) is 4.84. The quantitative estimate of drug-likeness (QED) is 0.521. The van der Waals surface area contributed by atoms with Crippen molar-refractivity contribution in [3.05, 3.63) is 23.8 Å². The summed E-state index contributed by atoms with van der Waals surface area (Å²) in [6.45, 7) is 6.37. The maximum absolute atomic E-state index is 4.10. The lowest BCUT2D eigenvalue weighted by Gasteiger charge is -2.22. The Balaban J connectivity index is 2.11.